The third-order valence-electron chi connectivity index (χ3n) is 3.61. The molecular weight excluding hydrogens is 401 g/mol. The number of nitrogens with one attached hydrogen (secondary N) is 2. The van der Waals surface area contributed by atoms with E-state index < -0.39 is 20.8 Å². The minimum atomic E-state index is -1.85. The summed E-state index contributed by atoms with van der Waals surface area (Å²) in [6.45, 7) is 3.79. The van der Waals surface area contributed by atoms with Crippen molar-refractivity contribution in [2.45, 2.75) is 23.8 Å². The Morgan fingerprint density at radius 3 is 2.46 bits per heavy atom. The first-order chi connectivity index (χ1) is 12.1. The number of hydrogen-bond donors (Lipinski definition) is 2. The van der Waals surface area contributed by atoms with E-state index in [4.69, 9.17) is 34.8 Å². The Labute approximate surface area is 165 Å². The van der Waals surface area contributed by atoms with E-state index in [-0.39, 0.29) is 11.3 Å². The van der Waals surface area contributed by atoms with Crippen LogP contribution in [0.1, 0.15) is 21.5 Å². The first-order valence-corrected chi connectivity index (χ1v) is 8.67. The summed E-state index contributed by atoms with van der Waals surface area (Å²) >= 11 is 18.0. The number of halogens is 3. The molecule has 0 saturated carbocycles. The zero-order valence-corrected chi connectivity index (χ0v) is 16.2. The van der Waals surface area contributed by atoms with Crippen LogP contribution < -0.4 is 10.6 Å². The number of aryl methyl sites for hydroxylation is 2. The summed E-state index contributed by atoms with van der Waals surface area (Å²) in [6.07, 6.45) is -1.06. The summed E-state index contributed by atoms with van der Waals surface area (Å²) in [5.41, 5.74) is 2.47. The van der Waals surface area contributed by atoms with Crippen molar-refractivity contribution in [3.63, 3.8) is 0 Å². The number of benzene rings is 2. The highest BCUT2D eigenvalue weighted by Gasteiger charge is 2.34. The highest BCUT2D eigenvalue weighted by molar-refractivity contribution is 6.68. The molecule has 2 N–H and O–H groups in total. The lowest BCUT2D eigenvalue weighted by atomic mass is 10.1. The topological polar surface area (TPSA) is 84.3 Å². The standard InChI is InChI=1S/C17H16Cl3N3O3/c1-10-6-7-11(2)14(8-10)21-16(17(18,19)20)22-15(24)12-4-3-5-13(9-12)23(25)26/h3-9,16,21H,1-2H3,(H,22,24). The monoisotopic (exact) mass is 415 g/mol. The minimum Gasteiger partial charge on any atom is -0.362 e. The van der Waals surface area contributed by atoms with E-state index in [9.17, 15) is 14.9 Å². The van der Waals surface area contributed by atoms with Crippen LogP contribution in [0.25, 0.3) is 0 Å². The number of nitro groups is 1. The molecule has 138 valence electrons. The normalized spacial score (nSPS) is 12.3. The molecule has 0 heterocycles. The molecule has 9 heteroatoms. The van der Waals surface area contributed by atoms with Gasteiger partial charge in [0.25, 0.3) is 11.6 Å². The van der Waals surface area contributed by atoms with Gasteiger partial charge in [-0.25, -0.2) is 0 Å². The summed E-state index contributed by atoms with van der Waals surface area (Å²) in [6, 6.07) is 11.0. The fourth-order valence-electron chi connectivity index (χ4n) is 2.22. The van der Waals surface area contributed by atoms with Crippen LogP contribution in [0.3, 0.4) is 0 Å². The van der Waals surface area contributed by atoms with E-state index in [0.717, 1.165) is 17.2 Å². The number of nitrogens with zero attached hydrogens (tertiary/aromatic N) is 1. The second-order valence-corrected chi connectivity index (χ2v) is 8.09. The smallest absolute Gasteiger partial charge is 0.270 e. The average Bonchev–Trinajstić information content (AvgIpc) is 2.56. The molecule has 0 spiro atoms. The Morgan fingerprint density at radius 1 is 1.15 bits per heavy atom. The first kappa shape index (κ1) is 20.3. The SMILES string of the molecule is Cc1ccc(C)c(NC(NC(=O)c2cccc([N+](=O)[O-])c2)C(Cl)(Cl)Cl)c1. The zero-order valence-electron chi connectivity index (χ0n) is 13.9. The maximum absolute atomic E-state index is 12.5. The van der Waals surface area contributed by atoms with Gasteiger partial charge in [-0.05, 0) is 37.1 Å². The van der Waals surface area contributed by atoms with Gasteiger partial charge >= 0.3 is 0 Å². The molecule has 0 aliphatic heterocycles. The van der Waals surface area contributed by atoms with Crippen molar-refractivity contribution in [1.82, 2.24) is 5.32 Å². The predicted molar refractivity (Wildman–Crippen MR) is 104 cm³/mol. The van der Waals surface area contributed by atoms with Gasteiger partial charge in [-0.3, -0.25) is 14.9 Å². The van der Waals surface area contributed by atoms with Crippen LogP contribution in [0.4, 0.5) is 11.4 Å². The fourth-order valence-corrected chi connectivity index (χ4v) is 2.55. The molecular formula is C17H16Cl3N3O3. The van der Waals surface area contributed by atoms with Gasteiger partial charge in [-0.15, -0.1) is 0 Å². The average molecular weight is 417 g/mol. The second kappa shape index (κ2) is 8.12. The van der Waals surface area contributed by atoms with Crippen LogP contribution in [0, 0.1) is 24.0 Å². The first-order valence-electron chi connectivity index (χ1n) is 7.54. The number of anilines is 1. The molecule has 2 aromatic rings. The van der Waals surface area contributed by atoms with E-state index in [1.54, 1.807) is 0 Å². The number of amides is 1. The molecule has 2 rings (SSSR count). The van der Waals surface area contributed by atoms with Crippen molar-refractivity contribution in [2.75, 3.05) is 5.32 Å². The summed E-state index contributed by atoms with van der Waals surface area (Å²) in [7, 11) is 0. The number of hydrogen-bond acceptors (Lipinski definition) is 4. The molecule has 0 fully saturated rings. The van der Waals surface area contributed by atoms with Crippen molar-refractivity contribution in [1.29, 1.82) is 0 Å². The Kier molecular flexibility index (Phi) is 6.34. The molecule has 0 aliphatic rings. The van der Waals surface area contributed by atoms with E-state index in [1.165, 1.54) is 18.2 Å². The summed E-state index contributed by atoms with van der Waals surface area (Å²) in [4.78, 5) is 22.7. The van der Waals surface area contributed by atoms with Crippen molar-refractivity contribution in [3.8, 4) is 0 Å². The van der Waals surface area contributed by atoms with Gasteiger partial charge in [0, 0.05) is 23.4 Å². The Hall–Kier alpha value is -2.02. The second-order valence-electron chi connectivity index (χ2n) is 5.72. The number of carbonyl (C=O) groups is 1. The van der Waals surface area contributed by atoms with Gasteiger partial charge in [0.1, 0.15) is 6.17 Å². The van der Waals surface area contributed by atoms with Gasteiger partial charge in [-0.1, -0.05) is 53.0 Å². The largest absolute Gasteiger partial charge is 0.362 e. The van der Waals surface area contributed by atoms with E-state index >= 15 is 0 Å². The quantitative estimate of drug-likeness (QED) is 0.319. The lowest BCUT2D eigenvalue weighted by Crippen LogP contribution is -2.49. The van der Waals surface area contributed by atoms with Crippen molar-refractivity contribution in [2.24, 2.45) is 0 Å². The van der Waals surface area contributed by atoms with Gasteiger partial charge < -0.3 is 10.6 Å². The van der Waals surface area contributed by atoms with Gasteiger partial charge in [0.05, 0.1) is 4.92 Å². The number of nitro benzene ring substituents is 1. The van der Waals surface area contributed by atoms with E-state index in [0.29, 0.717) is 5.69 Å². The molecule has 0 bridgehead atoms. The maximum Gasteiger partial charge on any atom is 0.270 e. The Balaban J connectivity index is 2.25. The Morgan fingerprint density at radius 2 is 1.85 bits per heavy atom. The predicted octanol–water partition coefficient (Wildman–Crippen LogP) is 4.75. The number of non-ortho nitro benzene ring substituents is 1. The summed E-state index contributed by atoms with van der Waals surface area (Å²) in [5, 5.41) is 16.4. The fraction of sp³-hybridized carbons (Fsp3) is 0.235. The molecule has 26 heavy (non-hydrogen) atoms. The molecule has 0 aliphatic carbocycles. The number of rotatable bonds is 5. The lowest BCUT2D eigenvalue weighted by Gasteiger charge is -2.28. The molecule has 0 saturated heterocycles. The summed E-state index contributed by atoms with van der Waals surface area (Å²) < 4.78 is -1.85. The molecule has 0 aromatic heterocycles. The highest BCUT2D eigenvalue weighted by Crippen LogP contribution is 2.32. The third-order valence-corrected chi connectivity index (χ3v) is 4.27. The van der Waals surface area contributed by atoms with Crippen molar-refractivity contribution in [3.05, 3.63) is 69.3 Å². The van der Waals surface area contributed by atoms with E-state index in [1.807, 2.05) is 32.0 Å². The van der Waals surface area contributed by atoms with Crippen molar-refractivity contribution >= 4 is 52.1 Å². The molecule has 2 aromatic carbocycles. The van der Waals surface area contributed by atoms with Gasteiger partial charge in [-0.2, -0.15) is 0 Å². The number of alkyl halides is 3. The number of carbonyl (C=O) groups excluding carboxylic acids is 1. The van der Waals surface area contributed by atoms with E-state index in [2.05, 4.69) is 10.6 Å². The third kappa shape index (κ3) is 5.24. The summed E-state index contributed by atoms with van der Waals surface area (Å²) in [5.74, 6) is -0.608. The lowest BCUT2D eigenvalue weighted by molar-refractivity contribution is -0.384. The molecule has 1 unspecified atom stereocenters. The van der Waals surface area contributed by atoms with Crippen LogP contribution in [0.2, 0.25) is 0 Å². The molecule has 1 amide bonds. The van der Waals surface area contributed by atoms with Crippen LogP contribution in [-0.4, -0.2) is 20.8 Å². The van der Waals surface area contributed by atoms with Crippen LogP contribution in [-0.2, 0) is 0 Å². The maximum atomic E-state index is 12.5. The molecule has 1 atom stereocenters. The highest BCUT2D eigenvalue weighted by atomic mass is 35.6. The van der Waals surface area contributed by atoms with Gasteiger partial charge in [0.15, 0.2) is 0 Å². The Bertz CT molecular complexity index is 837. The molecule has 0 radical (unpaired) electrons. The van der Waals surface area contributed by atoms with Crippen LogP contribution in [0.15, 0.2) is 42.5 Å². The zero-order chi connectivity index (χ0) is 19.5. The van der Waals surface area contributed by atoms with Crippen molar-refractivity contribution < 1.29 is 9.72 Å². The molecule has 6 nitrogen and oxygen atoms in total. The minimum absolute atomic E-state index is 0.0845. The van der Waals surface area contributed by atoms with Gasteiger partial charge in [0.2, 0.25) is 3.79 Å². The van der Waals surface area contributed by atoms with Crippen LogP contribution in [0.5, 0.6) is 0 Å². The van der Waals surface area contributed by atoms with Crippen LogP contribution >= 0.6 is 34.8 Å².